The van der Waals surface area contributed by atoms with Gasteiger partial charge in [0.2, 0.25) is 0 Å². The third kappa shape index (κ3) is 5.34. The van der Waals surface area contributed by atoms with Crippen LogP contribution in [0.5, 0.6) is 5.75 Å². The van der Waals surface area contributed by atoms with Gasteiger partial charge in [0.1, 0.15) is 12.4 Å². The lowest BCUT2D eigenvalue weighted by molar-refractivity contribution is 0.0697. The zero-order chi connectivity index (χ0) is 19.2. The highest BCUT2D eigenvalue weighted by atomic mass is 79.9. The van der Waals surface area contributed by atoms with Gasteiger partial charge in [-0.3, -0.25) is 0 Å². The maximum Gasteiger partial charge on any atom is 0.335 e. The van der Waals surface area contributed by atoms with Gasteiger partial charge in [-0.15, -0.1) is 0 Å². The first kappa shape index (κ1) is 19.0. The first-order chi connectivity index (χ1) is 13.0. The molecule has 3 aromatic carbocycles. The van der Waals surface area contributed by atoms with Crippen molar-refractivity contribution >= 4 is 27.6 Å². The number of carbonyl (C=O) groups is 1. The molecule has 27 heavy (non-hydrogen) atoms. The Morgan fingerprint density at radius 1 is 1.07 bits per heavy atom. The van der Waals surface area contributed by atoms with E-state index >= 15 is 0 Å². The molecule has 0 heterocycles. The van der Waals surface area contributed by atoms with Gasteiger partial charge in [-0.25, -0.2) is 4.79 Å². The third-order valence-corrected chi connectivity index (χ3v) is 4.61. The zero-order valence-electron chi connectivity index (χ0n) is 14.9. The van der Waals surface area contributed by atoms with Crippen molar-refractivity contribution in [2.75, 3.05) is 5.32 Å². The zero-order valence-corrected chi connectivity index (χ0v) is 16.5. The smallest absolute Gasteiger partial charge is 0.335 e. The van der Waals surface area contributed by atoms with Gasteiger partial charge in [-0.2, -0.15) is 0 Å². The van der Waals surface area contributed by atoms with E-state index in [0.29, 0.717) is 13.2 Å². The number of anilines is 1. The maximum absolute atomic E-state index is 10.9. The van der Waals surface area contributed by atoms with Gasteiger partial charge < -0.3 is 15.2 Å². The normalized spacial score (nSPS) is 10.4. The molecule has 0 aliphatic rings. The van der Waals surface area contributed by atoms with E-state index in [2.05, 4.69) is 40.3 Å². The number of hydrogen-bond donors (Lipinski definition) is 2. The molecule has 0 unspecified atom stereocenters. The third-order valence-electron chi connectivity index (χ3n) is 4.11. The van der Waals surface area contributed by atoms with Gasteiger partial charge in [0.25, 0.3) is 0 Å². The summed E-state index contributed by atoms with van der Waals surface area (Å²) in [7, 11) is 0. The molecule has 3 rings (SSSR count). The molecule has 0 aliphatic heterocycles. The molecule has 0 fully saturated rings. The maximum atomic E-state index is 10.9. The van der Waals surface area contributed by atoms with E-state index < -0.39 is 5.97 Å². The van der Waals surface area contributed by atoms with Crippen molar-refractivity contribution in [1.29, 1.82) is 0 Å². The van der Waals surface area contributed by atoms with E-state index in [1.807, 2.05) is 30.3 Å². The summed E-state index contributed by atoms with van der Waals surface area (Å²) in [4.78, 5) is 10.9. The first-order valence-electron chi connectivity index (χ1n) is 8.55. The standard InChI is InChI=1S/C22H20BrNO3/c1-15-3-2-4-16(11-15)14-27-21-10-7-19(23)12-18(21)13-24-20-8-5-17(6-9-20)22(25)26/h2-12,24H,13-14H2,1H3,(H,25,26). The van der Waals surface area contributed by atoms with E-state index in [0.717, 1.165) is 27.0 Å². The average Bonchev–Trinajstić information content (AvgIpc) is 2.66. The summed E-state index contributed by atoms with van der Waals surface area (Å²) in [5, 5.41) is 12.3. The number of ether oxygens (including phenoxy) is 1. The van der Waals surface area contributed by atoms with Crippen molar-refractivity contribution in [3.63, 3.8) is 0 Å². The van der Waals surface area contributed by atoms with Crippen LogP contribution in [0.4, 0.5) is 5.69 Å². The molecular formula is C22H20BrNO3. The number of carboxylic acid groups (broad SMARTS) is 1. The molecule has 2 N–H and O–H groups in total. The number of aryl methyl sites for hydroxylation is 1. The molecule has 0 aliphatic carbocycles. The summed E-state index contributed by atoms with van der Waals surface area (Å²) in [5.74, 6) is -0.116. The van der Waals surface area contributed by atoms with Gasteiger partial charge in [-0.05, 0) is 55.0 Å². The Morgan fingerprint density at radius 3 is 2.56 bits per heavy atom. The van der Waals surface area contributed by atoms with Crippen molar-refractivity contribution in [3.8, 4) is 5.75 Å². The summed E-state index contributed by atoms with van der Waals surface area (Å²) >= 11 is 3.50. The largest absolute Gasteiger partial charge is 0.489 e. The lowest BCUT2D eigenvalue weighted by Crippen LogP contribution is -2.04. The quantitative estimate of drug-likeness (QED) is 0.513. The van der Waals surface area contributed by atoms with Crippen LogP contribution in [0, 0.1) is 6.92 Å². The number of halogens is 1. The molecule has 0 spiro atoms. The number of aromatic carboxylic acids is 1. The number of nitrogens with one attached hydrogen (secondary N) is 1. The Bertz CT molecular complexity index is 939. The fourth-order valence-electron chi connectivity index (χ4n) is 2.72. The number of benzene rings is 3. The summed E-state index contributed by atoms with van der Waals surface area (Å²) in [6.45, 7) is 3.13. The van der Waals surface area contributed by atoms with Crippen LogP contribution in [0.25, 0.3) is 0 Å². The van der Waals surface area contributed by atoms with Crippen molar-refractivity contribution in [1.82, 2.24) is 0 Å². The Morgan fingerprint density at radius 2 is 1.85 bits per heavy atom. The average molecular weight is 426 g/mol. The van der Waals surface area contributed by atoms with Gasteiger partial charge in [0.15, 0.2) is 0 Å². The monoisotopic (exact) mass is 425 g/mol. The van der Waals surface area contributed by atoms with Gasteiger partial charge >= 0.3 is 5.97 Å². The first-order valence-corrected chi connectivity index (χ1v) is 9.34. The molecule has 0 saturated carbocycles. The van der Waals surface area contributed by atoms with Crippen LogP contribution in [0.3, 0.4) is 0 Å². The SMILES string of the molecule is Cc1cccc(COc2ccc(Br)cc2CNc2ccc(C(=O)O)cc2)c1. The predicted molar refractivity (Wildman–Crippen MR) is 110 cm³/mol. The summed E-state index contributed by atoms with van der Waals surface area (Å²) in [6, 6.07) is 20.9. The van der Waals surface area contributed by atoms with E-state index in [9.17, 15) is 4.79 Å². The molecule has 0 bridgehead atoms. The van der Waals surface area contributed by atoms with Crippen molar-refractivity contribution < 1.29 is 14.6 Å². The molecule has 0 amide bonds. The Balaban J connectivity index is 1.69. The second-order valence-electron chi connectivity index (χ2n) is 6.27. The van der Waals surface area contributed by atoms with Crippen molar-refractivity contribution in [2.24, 2.45) is 0 Å². The summed E-state index contributed by atoms with van der Waals surface area (Å²) < 4.78 is 7.01. The van der Waals surface area contributed by atoms with Crippen molar-refractivity contribution in [3.05, 3.63) is 93.5 Å². The number of carboxylic acids is 1. The topological polar surface area (TPSA) is 58.6 Å². The number of rotatable bonds is 7. The lowest BCUT2D eigenvalue weighted by atomic mass is 10.1. The van der Waals surface area contributed by atoms with Crippen LogP contribution in [-0.4, -0.2) is 11.1 Å². The second-order valence-corrected chi connectivity index (χ2v) is 7.18. The minimum Gasteiger partial charge on any atom is -0.489 e. The minimum atomic E-state index is -0.930. The lowest BCUT2D eigenvalue weighted by Gasteiger charge is -2.14. The van der Waals surface area contributed by atoms with Crippen LogP contribution in [-0.2, 0) is 13.2 Å². The van der Waals surface area contributed by atoms with Gasteiger partial charge in [0.05, 0.1) is 5.56 Å². The molecule has 3 aromatic rings. The minimum absolute atomic E-state index is 0.269. The van der Waals surface area contributed by atoms with Crippen LogP contribution in [0.15, 0.2) is 71.2 Å². The molecular weight excluding hydrogens is 406 g/mol. The van der Waals surface area contributed by atoms with Crippen LogP contribution in [0.2, 0.25) is 0 Å². The predicted octanol–water partition coefficient (Wildman–Crippen LogP) is 5.65. The Labute approximate surface area is 166 Å². The summed E-state index contributed by atoms with van der Waals surface area (Å²) in [5.41, 5.74) is 4.47. The van der Waals surface area contributed by atoms with E-state index in [1.54, 1.807) is 24.3 Å². The molecule has 4 nitrogen and oxygen atoms in total. The van der Waals surface area contributed by atoms with Crippen LogP contribution >= 0.6 is 15.9 Å². The van der Waals surface area contributed by atoms with E-state index in [1.165, 1.54) is 5.56 Å². The molecule has 5 heteroatoms. The second kappa shape index (κ2) is 8.73. The summed E-state index contributed by atoms with van der Waals surface area (Å²) in [6.07, 6.45) is 0. The molecule has 0 aromatic heterocycles. The number of hydrogen-bond acceptors (Lipinski definition) is 3. The van der Waals surface area contributed by atoms with E-state index in [4.69, 9.17) is 9.84 Å². The van der Waals surface area contributed by atoms with Crippen molar-refractivity contribution in [2.45, 2.75) is 20.1 Å². The highest BCUT2D eigenvalue weighted by Gasteiger charge is 2.07. The highest BCUT2D eigenvalue weighted by Crippen LogP contribution is 2.25. The van der Waals surface area contributed by atoms with Gasteiger partial charge in [-0.1, -0.05) is 45.8 Å². The molecule has 0 atom stereocenters. The fraction of sp³-hybridized carbons (Fsp3) is 0.136. The molecule has 0 radical (unpaired) electrons. The fourth-order valence-corrected chi connectivity index (χ4v) is 3.13. The highest BCUT2D eigenvalue weighted by molar-refractivity contribution is 9.10. The van der Waals surface area contributed by atoms with Crippen LogP contribution in [0.1, 0.15) is 27.0 Å². The van der Waals surface area contributed by atoms with Gasteiger partial charge in [0, 0.05) is 22.3 Å². The molecule has 138 valence electrons. The van der Waals surface area contributed by atoms with E-state index in [-0.39, 0.29) is 5.56 Å². The Kier molecular flexibility index (Phi) is 6.14. The van der Waals surface area contributed by atoms with Crippen LogP contribution < -0.4 is 10.1 Å². The molecule has 0 saturated heterocycles. The Hall–Kier alpha value is -2.79.